The van der Waals surface area contributed by atoms with Gasteiger partial charge in [0.2, 0.25) is 5.91 Å². The predicted octanol–water partition coefficient (Wildman–Crippen LogP) is 23.7. The van der Waals surface area contributed by atoms with Gasteiger partial charge in [0.05, 0.1) is 32.0 Å². The molecule has 0 bridgehead atoms. The van der Waals surface area contributed by atoms with E-state index in [2.05, 4.69) is 19.2 Å². The summed E-state index contributed by atoms with van der Waals surface area (Å²) < 4.78 is 16.8. The quantitative estimate of drug-likeness (QED) is 0.0195. The van der Waals surface area contributed by atoms with E-state index in [1.165, 1.54) is 379 Å². The molecule has 1 amide bonds. The molecule has 1 fully saturated rings. The van der Waals surface area contributed by atoms with Crippen LogP contribution in [-0.2, 0) is 23.8 Å². The van der Waals surface area contributed by atoms with Gasteiger partial charge >= 0.3 is 5.97 Å². The third-order valence-electron chi connectivity index (χ3n) is 20.9. The van der Waals surface area contributed by atoms with E-state index >= 15 is 0 Å². The highest BCUT2D eigenvalue weighted by Crippen LogP contribution is 2.24. The topological polar surface area (TPSA) is 175 Å². The molecule has 11 heteroatoms. The Labute approximate surface area is 595 Å². The molecule has 96 heavy (non-hydrogen) atoms. The number of amides is 1. The van der Waals surface area contributed by atoms with Crippen molar-refractivity contribution in [1.82, 2.24) is 5.32 Å². The number of esters is 1. The minimum atomic E-state index is -1.57. The highest BCUT2D eigenvalue weighted by Gasteiger charge is 2.44. The Balaban J connectivity index is 1.85. The lowest BCUT2D eigenvalue weighted by atomic mass is 9.99. The van der Waals surface area contributed by atoms with Crippen LogP contribution in [-0.4, -0.2) is 100 Å². The summed E-state index contributed by atoms with van der Waals surface area (Å²) in [4.78, 5) is 25.2. The van der Waals surface area contributed by atoms with E-state index in [0.29, 0.717) is 19.4 Å². The SMILES string of the molecule is CCCCCCCCCCCCC/C=C/C(O)C(COC1OC(CO)C(O)C(O)C1O)NC(=O)CCCCCCCCCCCCCCCCCCCCCCCCCCCCCCCCCCCCCCCCCOC(=O)CCCCCCCCCCCCCCCCCC. The van der Waals surface area contributed by atoms with Crippen LogP contribution in [0.4, 0.5) is 0 Å². The summed E-state index contributed by atoms with van der Waals surface area (Å²) in [6.07, 6.45) is 85.6. The summed E-state index contributed by atoms with van der Waals surface area (Å²) in [5, 5.41) is 54.6. The molecule has 0 spiro atoms. The lowest BCUT2D eigenvalue weighted by Crippen LogP contribution is -2.60. The number of nitrogens with one attached hydrogen (secondary N) is 1. The van der Waals surface area contributed by atoms with E-state index in [4.69, 9.17) is 14.2 Å². The summed E-state index contributed by atoms with van der Waals surface area (Å²) in [5.41, 5.74) is 0. The number of allylic oxidation sites excluding steroid dienone is 1. The summed E-state index contributed by atoms with van der Waals surface area (Å²) in [5.74, 6) is -0.149. The Bertz CT molecular complexity index is 1600. The highest BCUT2D eigenvalue weighted by atomic mass is 16.7. The number of hydrogen-bond acceptors (Lipinski definition) is 10. The summed E-state index contributed by atoms with van der Waals surface area (Å²) >= 11 is 0. The van der Waals surface area contributed by atoms with Gasteiger partial charge in [-0.05, 0) is 32.1 Å². The number of ether oxygens (including phenoxy) is 3. The van der Waals surface area contributed by atoms with Crippen LogP contribution in [0.5, 0.6) is 0 Å². The monoisotopic (exact) mass is 1360 g/mol. The van der Waals surface area contributed by atoms with E-state index in [0.717, 1.165) is 51.4 Å². The van der Waals surface area contributed by atoms with Crippen LogP contribution in [0.1, 0.15) is 457 Å². The summed E-state index contributed by atoms with van der Waals surface area (Å²) in [7, 11) is 0. The van der Waals surface area contributed by atoms with Crippen molar-refractivity contribution in [1.29, 1.82) is 0 Å². The minimum absolute atomic E-state index is 0.0231. The first-order valence-corrected chi connectivity index (χ1v) is 43.0. The maximum atomic E-state index is 13.1. The van der Waals surface area contributed by atoms with Crippen LogP contribution in [0, 0.1) is 0 Å². The number of carbonyl (C=O) groups is 2. The first kappa shape index (κ1) is 92.4. The van der Waals surface area contributed by atoms with Gasteiger partial charge in [-0.15, -0.1) is 0 Å². The Morgan fingerprint density at radius 1 is 0.375 bits per heavy atom. The fraction of sp³-hybridized carbons (Fsp3) is 0.953. The van der Waals surface area contributed by atoms with Gasteiger partial charge < -0.3 is 45.1 Å². The first-order valence-electron chi connectivity index (χ1n) is 43.0. The number of hydrogen-bond donors (Lipinski definition) is 6. The molecule has 0 aromatic heterocycles. The van der Waals surface area contributed by atoms with Crippen molar-refractivity contribution in [2.24, 2.45) is 0 Å². The maximum Gasteiger partial charge on any atom is 0.305 e. The van der Waals surface area contributed by atoms with Gasteiger partial charge in [-0.1, -0.05) is 424 Å². The molecule has 0 radical (unpaired) electrons. The molecule has 0 aliphatic carbocycles. The van der Waals surface area contributed by atoms with Gasteiger partial charge in [-0.2, -0.15) is 0 Å². The Hall–Kier alpha value is -1.60. The molecule has 0 aromatic carbocycles. The molecule has 6 N–H and O–H groups in total. The fourth-order valence-corrected chi connectivity index (χ4v) is 14.2. The van der Waals surface area contributed by atoms with E-state index in [-0.39, 0.29) is 18.5 Å². The number of carbonyl (C=O) groups excluding carboxylic acids is 2. The predicted molar refractivity (Wildman–Crippen MR) is 408 cm³/mol. The standard InChI is InChI=1S/C85H165NO10/c1-3-5-7-9-11-13-15-17-18-45-49-53-57-61-65-69-73-81(90)94-74-70-66-62-58-54-50-46-43-41-39-37-35-33-31-29-27-25-23-21-19-20-22-24-26-28-30-32-34-36-38-40-42-44-48-52-56-60-64-68-72-80(89)86-77(76-95-85-84(93)83(92)82(91)79(75-87)96-85)78(88)71-67-63-59-55-51-47-16-14-12-10-8-6-4-2/h67,71,77-79,82-85,87-88,91-93H,3-66,68-70,72-76H2,1-2H3,(H,86,89)/b71-67+. The molecule has 1 aliphatic rings. The minimum Gasteiger partial charge on any atom is -0.466 e. The number of unbranched alkanes of at least 4 members (excludes halogenated alkanes) is 64. The molecule has 570 valence electrons. The van der Waals surface area contributed by atoms with E-state index in [1.807, 2.05) is 6.08 Å². The van der Waals surface area contributed by atoms with E-state index in [9.17, 15) is 35.1 Å². The largest absolute Gasteiger partial charge is 0.466 e. The van der Waals surface area contributed by atoms with Gasteiger partial charge in [0.25, 0.3) is 0 Å². The molecule has 0 saturated carbocycles. The average molecular weight is 1360 g/mol. The lowest BCUT2D eigenvalue weighted by Gasteiger charge is -2.40. The summed E-state index contributed by atoms with van der Waals surface area (Å²) in [6.45, 7) is 4.42. The van der Waals surface area contributed by atoms with E-state index < -0.39 is 49.5 Å². The van der Waals surface area contributed by atoms with Crippen LogP contribution in [0.2, 0.25) is 0 Å². The van der Waals surface area contributed by atoms with Crippen molar-refractivity contribution >= 4 is 11.9 Å². The second-order valence-corrected chi connectivity index (χ2v) is 30.3. The Morgan fingerprint density at radius 3 is 0.969 bits per heavy atom. The zero-order chi connectivity index (χ0) is 69.4. The number of rotatable bonds is 78. The molecular weight excluding hydrogens is 1190 g/mol. The number of aliphatic hydroxyl groups excluding tert-OH is 5. The van der Waals surface area contributed by atoms with Crippen LogP contribution in [0.3, 0.4) is 0 Å². The highest BCUT2D eigenvalue weighted by molar-refractivity contribution is 5.76. The molecular formula is C85H165NO10. The second kappa shape index (κ2) is 74.6. The van der Waals surface area contributed by atoms with Crippen LogP contribution in [0.25, 0.3) is 0 Å². The normalized spacial score (nSPS) is 17.3. The van der Waals surface area contributed by atoms with Gasteiger partial charge in [0.15, 0.2) is 6.29 Å². The fourth-order valence-electron chi connectivity index (χ4n) is 14.2. The summed E-state index contributed by atoms with van der Waals surface area (Å²) in [6, 6.07) is -0.805. The van der Waals surface area contributed by atoms with Crippen LogP contribution >= 0.6 is 0 Å². The van der Waals surface area contributed by atoms with Gasteiger partial charge in [0, 0.05) is 12.8 Å². The second-order valence-electron chi connectivity index (χ2n) is 30.3. The Kier molecular flexibility index (Phi) is 71.8. The van der Waals surface area contributed by atoms with Gasteiger partial charge in [0.1, 0.15) is 24.4 Å². The molecule has 1 heterocycles. The van der Waals surface area contributed by atoms with Crippen molar-refractivity contribution in [3.63, 3.8) is 0 Å². The molecule has 11 nitrogen and oxygen atoms in total. The molecule has 1 aliphatic heterocycles. The van der Waals surface area contributed by atoms with Gasteiger partial charge in [-0.3, -0.25) is 9.59 Å². The maximum absolute atomic E-state index is 13.1. The van der Waals surface area contributed by atoms with Crippen LogP contribution < -0.4 is 5.32 Å². The molecule has 0 aromatic rings. The molecule has 7 atom stereocenters. The number of aliphatic hydroxyl groups is 5. The first-order chi connectivity index (χ1) is 47.2. The average Bonchev–Trinajstić information content (AvgIpc) is 0.843. The molecule has 1 saturated heterocycles. The third kappa shape index (κ3) is 62.2. The van der Waals surface area contributed by atoms with Crippen molar-refractivity contribution < 1.29 is 49.3 Å². The lowest BCUT2D eigenvalue weighted by molar-refractivity contribution is -0.302. The smallest absolute Gasteiger partial charge is 0.305 e. The van der Waals surface area contributed by atoms with Gasteiger partial charge in [-0.25, -0.2) is 0 Å². The third-order valence-corrected chi connectivity index (χ3v) is 20.9. The van der Waals surface area contributed by atoms with Crippen molar-refractivity contribution in [2.45, 2.75) is 500 Å². The zero-order valence-electron chi connectivity index (χ0n) is 63.9. The zero-order valence-corrected chi connectivity index (χ0v) is 63.9. The Morgan fingerprint density at radius 2 is 0.656 bits per heavy atom. The van der Waals surface area contributed by atoms with Crippen molar-refractivity contribution in [3.8, 4) is 0 Å². The van der Waals surface area contributed by atoms with Crippen molar-refractivity contribution in [2.75, 3.05) is 19.8 Å². The molecule has 7 unspecified atom stereocenters. The van der Waals surface area contributed by atoms with Crippen molar-refractivity contribution in [3.05, 3.63) is 12.2 Å². The van der Waals surface area contributed by atoms with E-state index in [1.54, 1.807) is 6.08 Å². The molecule has 1 rings (SSSR count). The van der Waals surface area contributed by atoms with Crippen LogP contribution in [0.15, 0.2) is 12.2 Å².